The van der Waals surface area contributed by atoms with Crippen molar-refractivity contribution in [1.29, 1.82) is 5.41 Å². The number of nitrogens with two attached hydrogens (primary N) is 1. The zero-order valence-corrected chi connectivity index (χ0v) is 11.3. The van der Waals surface area contributed by atoms with Gasteiger partial charge in [-0.1, -0.05) is 12.1 Å². The van der Waals surface area contributed by atoms with Gasteiger partial charge in [-0.2, -0.15) is 0 Å². The number of aliphatic hydroxyl groups excluding tert-OH is 1. The van der Waals surface area contributed by atoms with Crippen molar-refractivity contribution in [3.63, 3.8) is 0 Å². The number of aliphatic hydroxyl groups is 1. The van der Waals surface area contributed by atoms with Gasteiger partial charge in [-0.3, -0.25) is 5.41 Å². The predicted octanol–water partition coefficient (Wildman–Crippen LogP) is 2.00. The van der Waals surface area contributed by atoms with E-state index in [-0.39, 0.29) is 12.4 Å². The fourth-order valence-corrected chi connectivity index (χ4v) is 1.90. The van der Waals surface area contributed by atoms with E-state index in [2.05, 4.69) is 4.98 Å². The van der Waals surface area contributed by atoms with Crippen LogP contribution in [0, 0.1) is 12.3 Å². The molecule has 0 aliphatic carbocycles. The van der Waals surface area contributed by atoms with E-state index in [1.165, 1.54) is 0 Å². The van der Waals surface area contributed by atoms with E-state index in [9.17, 15) is 0 Å². The average molecular weight is 271 g/mol. The number of nitrogen functional groups attached to an aromatic ring is 1. The minimum absolute atomic E-state index is 0.0671. The average Bonchev–Trinajstić information content (AvgIpc) is 2.41. The first kappa shape index (κ1) is 14.0. The summed E-state index contributed by atoms with van der Waals surface area (Å²) >= 11 is 0. The number of aromatic nitrogens is 1. The highest BCUT2D eigenvalue weighted by molar-refractivity contribution is 5.98. The molecule has 0 aliphatic heterocycles. The van der Waals surface area contributed by atoms with E-state index in [1.807, 2.05) is 19.1 Å². The molecule has 1 heterocycles. The van der Waals surface area contributed by atoms with E-state index < -0.39 is 0 Å². The van der Waals surface area contributed by atoms with Crippen LogP contribution in [0.1, 0.15) is 16.7 Å². The third-order valence-corrected chi connectivity index (χ3v) is 2.93. The van der Waals surface area contributed by atoms with Crippen LogP contribution in [0.15, 0.2) is 36.5 Å². The van der Waals surface area contributed by atoms with E-state index in [1.54, 1.807) is 24.4 Å². The first-order chi connectivity index (χ1) is 9.61. The maximum Gasteiger partial charge on any atom is 0.230 e. The molecule has 5 nitrogen and oxygen atoms in total. The highest BCUT2D eigenvalue weighted by Crippen LogP contribution is 2.25. The van der Waals surface area contributed by atoms with Gasteiger partial charge >= 0.3 is 0 Å². The van der Waals surface area contributed by atoms with Gasteiger partial charge in [-0.05, 0) is 42.7 Å². The molecule has 0 amide bonds. The van der Waals surface area contributed by atoms with E-state index in [4.69, 9.17) is 21.0 Å². The Kier molecular flexibility index (Phi) is 4.32. The van der Waals surface area contributed by atoms with Crippen LogP contribution >= 0.6 is 0 Å². The van der Waals surface area contributed by atoms with Crippen LogP contribution in [-0.4, -0.2) is 22.5 Å². The van der Waals surface area contributed by atoms with Crippen molar-refractivity contribution in [3.8, 4) is 11.6 Å². The van der Waals surface area contributed by atoms with E-state index in [0.29, 0.717) is 23.6 Å². The van der Waals surface area contributed by atoms with Gasteiger partial charge in [0.05, 0.1) is 5.56 Å². The van der Waals surface area contributed by atoms with Crippen LogP contribution in [0.4, 0.5) is 0 Å². The second-order valence-corrected chi connectivity index (χ2v) is 4.44. The second-order valence-electron chi connectivity index (χ2n) is 4.44. The van der Waals surface area contributed by atoms with Gasteiger partial charge in [0.2, 0.25) is 5.88 Å². The summed E-state index contributed by atoms with van der Waals surface area (Å²) in [6, 6.07) is 9.16. The highest BCUT2D eigenvalue weighted by Gasteiger charge is 2.12. The number of ether oxygens (including phenoxy) is 1. The number of benzene rings is 1. The number of nitrogens with one attached hydrogen (secondary N) is 1. The molecule has 0 aliphatic rings. The molecular formula is C15H17N3O2. The summed E-state index contributed by atoms with van der Waals surface area (Å²) in [6.45, 7) is 1.98. The van der Waals surface area contributed by atoms with Gasteiger partial charge < -0.3 is 15.6 Å². The molecule has 0 radical (unpaired) electrons. The van der Waals surface area contributed by atoms with Gasteiger partial charge in [-0.15, -0.1) is 0 Å². The third-order valence-electron chi connectivity index (χ3n) is 2.93. The Bertz CT molecular complexity index is 609. The van der Waals surface area contributed by atoms with Gasteiger partial charge in [-0.25, -0.2) is 4.98 Å². The first-order valence-electron chi connectivity index (χ1n) is 6.29. The SMILES string of the molecule is Cc1ccnc(Oc2ccc(CCO)cc2)c1C(=N)N. The molecule has 0 saturated carbocycles. The largest absolute Gasteiger partial charge is 0.438 e. The second kappa shape index (κ2) is 6.16. The molecule has 0 fully saturated rings. The monoisotopic (exact) mass is 271 g/mol. The lowest BCUT2D eigenvalue weighted by atomic mass is 10.1. The van der Waals surface area contributed by atoms with Gasteiger partial charge in [0.25, 0.3) is 0 Å². The quantitative estimate of drug-likeness (QED) is 0.573. The van der Waals surface area contributed by atoms with Gasteiger partial charge in [0, 0.05) is 12.8 Å². The van der Waals surface area contributed by atoms with Crippen molar-refractivity contribution in [3.05, 3.63) is 53.2 Å². The lowest BCUT2D eigenvalue weighted by Crippen LogP contribution is -2.14. The summed E-state index contributed by atoms with van der Waals surface area (Å²) in [5, 5.41) is 16.5. The van der Waals surface area contributed by atoms with Crippen LogP contribution in [0.5, 0.6) is 11.6 Å². The zero-order valence-electron chi connectivity index (χ0n) is 11.3. The van der Waals surface area contributed by atoms with E-state index >= 15 is 0 Å². The Morgan fingerprint density at radius 2 is 2.00 bits per heavy atom. The molecule has 104 valence electrons. The Hall–Kier alpha value is -2.40. The van der Waals surface area contributed by atoms with Gasteiger partial charge in [0.15, 0.2) is 0 Å². The smallest absolute Gasteiger partial charge is 0.230 e. The number of rotatable bonds is 5. The zero-order chi connectivity index (χ0) is 14.5. The Morgan fingerprint density at radius 1 is 1.30 bits per heavy atom. The number of pyridine rings is 1. The third kappa shape index (κ3) is 3.13. The topological polar surface area (TPSA) is 92.2 Å². The summed E-state index contributed by atoms with van der Waals surface area (Å²) in [4.78, 5) is 4.13. The number of hydrogen-bond acceptors (Lipinski definition) is 4. The predicted molar refractivity (Wildman–Crippen MR) is 77.3 cm³/mol. The van der Waals surface area contributed by atoms with Crippen molar-refractivity contribution >= 4 is 5.84 Å². The fraction of sp³-hybridized carbons (Fsp3) is 0.200. The number of hydrogen-bond donors (Lipinski definition) is 3. The molecule has 0 atom stereocenters. The summed E-state index contributed by atoms with van der Waals surface area (Å²) in [7, 11) is 0. The van der Waals surface area contributed by atoms with Crippen LogP contribution in [-0.2, 0) is 6.42 Å². The molecule has 0 unspecified atom stereocenters. The Labute approximate surface area is 117 Å². The van der Waals surface area contributed by atoms with Crippen LogP contribution in [0.3, 0.4) is 0 Å². The molecule has 0 saturated heterocycles. The fourth-order valence-electron chi connectivity index (χ4n) is 1.90. The molecule has 0 bridgehead atoms. The molecule has 0 spiro atoms. The number of nitrogens with zero attached hydrogens (tertiary/aromatic N) is 1. The molecule has 5 heteroatoms. The Balaban J connectivity index is 2.26. The van der Waals surface area contributed by atoms with Crippen molar-refractivity contribution in [2.45, 2.75) is 13.3 Å². The molecule has 1 aromatic carbocycles. The lowest BCUT2D eigenvalue weighted by molar-refractivity contribution is 0.299. The molecule has 2 rings (SSSR count). The normalized spacial score (nSPS) is 10.3. The maximum atomic E-state index is 8.87. The number of amidine groups is 1. The molecule has 4 N–H and O–H groups in total. The highest BCUT2D eigenvalue weighted by atomic mass is 16.5. The van der Waals surface area contributed by atoms with E-state index in [0.717, 1.165) is 11.1 Å². The van der Waals surface area contributed by atoms with Crippen LogP contribution < -0.4 is 10.5 Å². The maximum absolute atomic E-state index is 8.87. The summed E-state index contributed by atoms with van der Waals surface area (Å²) in [5.74, 6) is 0.877. The molecule has 2 aromatic rings. The van der Waals surface area contributed by atoms with Gasteiger partial charge in [0.1, 0.15) is 11.6 Å². The molecule has 1 aromatic heterocycles. The summed E-state index contributed by atoms with van der Waals surface area (Å²) < 4.78 is 5.69. The Morgan fingerprint density at radius 3 is 2.60 bits per heavy atom. The lowest BCUT2D eigenvalue weighted by Gasteiger charge is -2.11. The first-order valence-corrected chi connectivity index (χ1v) is 6.29. The minimum atomic E-state index is -0.0671. The summed E-state index contributed by atoms with van der Waals surface area (Å²) in [6.07, 6.45) is 2.24. The van der Waals surface area contributed by atoms with Crippen LogP contribution in [0.2, 0.25) is 0 Å². The minimum Gasteiger partial charge on any atom is -0.438 e. The van der Waals surface area contributed by atoms with Crippen molar-refractivity contribution in [2.75, 3.05) is 6.61 Å². The summed E-state index contributed by atoms with van der Waals surface area (Å²) in [5.41, 5.74) is 7.95. The molecular weight excluding hydrogens is 254 g/mol. The number of aryl methyl sites for hydroxylation is 1. The van der Waals surface area contributed by atoms with Crippen molar-refractivity contribution in [1.82, 2.24) is 4.98 Å². The van der Waals surface area contributed by atoms with Crippen molar-refractivity contribution < 1.29 is 9.84 Å². The standard InChI is InChI=1S/C15H17N3O2/c1-10-6-8-18-15(13(10)14(16)17)20-12-4-2-11(3-5-12)7-9-19/h2-6,8,19H,7,9H2,1H3,(H3,16,17). The van der Waals surface area contributed by atoms with Crippen LogP contribution in [0.25, 0.3) is 0 Å². The van der Waals surface area contributed by atoms with Crippen molar-refractivity contribution in [2.24, 2.45) is 5.73 Å². The molecule has 20 heavy (non-hydrogen) atoms.